The molecule has 1 aromatic carbocycles. The Labute approximate surface area is 224 Å². The minimum Gasteiger partial charge on any atom is -0.463 e. The van der Waals surface area contributed by atoms with Gasteiger partial charge in [-0.2, -0.15) is 0 Å². The number of nitrogens with zero attached hydrogens (tertiary/aromatic N) is 1. The van der Waals surface area contributed by atoms with Gasteiger partial charge in [0.05, 0.1) is 18.7 Å². The van der Waals surface area contributed by atoms with Gasteiger partial charge >= 0.3 is 5.97 Å². The molecule has 0 saturated carbocycles. The maximum Gasteiger partial charge on any atom is 0.333 e. The lowest BCUT2D eigenvalue weighted by atomic mass is 9.76. The van der Waals surface area contributed by atoms with Crippen LogP contribution in [0.1, 0.15) is 73.4 Å². The third kappa shape index (κ3) is 8.42. The summed E-state index contributed by atoms with van der Waals surface area (Å²) < 4.78 is 5.12. The van der Waals surface area contributed by atoms with Crippen molar-refractivity contribution >= 4 is 17.8 Å². The van der Waals surface area contributed by atoms with Crippen LogP contribution in [0.15, 0.2) is 35.9 Å². The first-order valence-electron chi connectivity index (χ1n) is 13.2. The van der Waals surface area contributed by atoms with Crippen LogP contribution in [0.25, 0.3) is 0 Å². The van der Waals surface area contributed by atoms with E-state index < -0.39 is 28.9 Å². The van der Waals surface area contributed by atoms with Crippen LogP contribution in [-0.4, -0.2) is 61.5 Å². The summed E-state index contributed by atoms with van der Waals surface area (Å²) in [7, 11) is 3.48. The Morgan fingerprint density at radius 2 is 1.68 bits per heavy atom. The highest BCUT2D eigenvalue weighted by atomic mass is 16.5. The number of amides is 2. The summed E-state index contributed by atoms with van der Waals surface area (Å²) in [6, 6.07) is 6.45. The first-order valence-corrected chi connectivity index (χ1v) is 13.2. The summed E-state index contributed by atoms with van der Waals surface area (Å²) in [6.07, 6.45) is 1.78. The number of ether oxygens (including phenoxy) is 1. The molecule has 1 aromatic rings. The number of carbonyl (C=O) groups excluding carboxylic acids is 3. The van der Waals surface area contributed by atoms with E-state index in [4.69, 9.17) is 4.74 Å². The van der Waals surface area contributed by atoms with Gasteiger partial charge in [0, 0.05) is 18.0 Å². The maximum atomic E-state index is 13.9. The molecular weight excluding hydrogens is 466 g/mol. The van der Waals surface area contributed by atoms with Gasteiger partial charge in [-0.3, -0.25) is 9.59 Å². The van der Waals surface area contributed by atoms with Crippen molar-refractivity contribution < 1.29 is 19.1 Å². The topological polar surface area (TPSA) is 87.7 Å². The lowest BCUT2D eigenvalue weighted by molar-refractivity contribution is -0.141. The third-order valence-electron chi connectivity index (χ3n) is 6.93. The minimum absolute atomic E-state index is 0.0416. The number of likely N-dealkylation sites (N-methyl/N-ethyl adjacent to an activating group) is 2. The molecule has 1 unspecified atom stereocenters. The maximum absolute atomic E-state index is 13.9. The molecule has 0 heterocycles. The number of aryl methyl sites for hydroxylation is 1. The van der Waals surface area contributed by atoms with E-state index in [9.17, 15) is 14.4 Å². The Bertz CT molecular complexity index is 975. The number of rotatable bonds is 11. The first kappa shape index (κ1) is 32.4. The van der Waals surface area contributed by atoms with Crippen molar-refractivity contribution in [3.63, 3.8) is 0 Å². The predicted octanol–water partition coefficient (Wildman–Crippen LogP) is 4.38. The second-order valence-corrected chi connectivity index (χ2v) is 11.9. The summed E-state index contributed by atoms with van der Waals surface area (Å²) in [6.45, 7) is 19.6. The van der Waals surface area contributed by atoms with Crippen molar-refractivity contribution in [3.8, 4) is 0 Å². The normalized spacial score (nSPS) is 15.1. The van der Waals surface area contributed by atoms with Gasteiger partial charge < -0.3 is 20.3 Å². The molecule has 7 heteroatoms. The number of carbonyl (C=O) groups is 3. The SMILES string of the molecule is CCOC(=O)/C(C)=C/[C@H](C(C)C)N(C)C(=O)C(NC(=O)[C@@H](NC)C(C)(C)c1cccc(C)c1)C(C)(C)C. The molecule has 7 nitrogen and oxygen atoms in total. The number of benzene rings is 1. The Hall–Kier alpha value is -2.67. The van der Waals surface area contributed by atoms with Gasteiger partial charge in [-0.1, -0.05) is 84.4 Å². The second-order valence-electron chi connectivity index (χ2n) is 11.9. The van der Waals surface area contributed by atoms with E-state index in [2.05, 4.69) is 16.7 Å². The molecule has 0 aliphatic heterocycles. The van der Waals surface area contributed by atoms with Gasteiger partial charge in [0.2, 0.25) is 11.8 Å². The van der Waals surface area contributed by atoms with E-state index in [-0.39, 0.29) is 30.4 Å². The highest BCUT2D eigenvalue weighted by Crippen LogP contribution is 2.29. The zero-order chi connectivity index (χ0) is 28.7. The summed E-state index contributed by atoms with van der Waals surface area (Å²) >= 11 is 0. The van der Waals surface area contributed by atoms with E-state index in [1.807, 2.05) is 73.6 Å². The standard InChI is InChI=1S/C30H49N3O4/c1-13-37-28(36)21(5)18-23(19(2)3)33(12)27(35)25(29(6,7)8)32-26(34)24(31-11)30(9,10)22-16-14-15-20(4)17-22/h14-19,23-25,31H,13H2,1-12H3,(H,32,34)/b21-18+/t23-,24-,25?/m1/s1. The van der Waals surface area contributed by atoms with Crippen molar-refractivity contribution in [2.45, 2.75) is 92.8 Å². The molecule has 0 saturated heterocycles. The fourth-order valence-electron chi connectivity index (χ4n) is 4.58. The van der Waals surface area contributed by atoms with E-state index >= 15 is 0 Å². The lowest BCUT2D eigenvalue weighted by Crippen LogP contribution is -2.61. The Morgan fingerprint density at radius 3 is 2.14 bits per heavy atom. The quantitative estimate of drug-likeness (QED) is 0.337. The molecule has 3 atom stereocenters. The average molecular weight is 516 g/mol. The van der Waals surface area contributed by atoms with Crippen LogP contribution in [0.2, 0.25) is 0 Å². The lowest BCUT2D eigenvalue weighted by Gasteiger charge is -2.40. The highest BCUT2D eigenvalue weighted by Gasteiger charge is 2.41. The van der Waals surface area contributed by atoms with Crippen molar-refractivity contribution in [2.24, 2.45) is 11.3 Å². The average Bonchev–Trinajstić information content (AvgIpc) is 2.79. The van der Waals surface area contributed by atoms with Gasteiger partial charge in [-0.15, -0.1) is 0 Å². The second kappa shape index (κ2) is 13.2. The molecule has 2 N–H and O–H groups in total. The fraction of sp³-hybridized carbons (Fsp3) is 0.633. The summed E-state index contributed by atoms with van der Waals surface area (Å²) in [5.41, 5.74) is 1.54. The van der Waals surface area contributed by atoms with E-state index in [0.717, 1.165) is 11.1 Å². The van der Waals surface area contributed by atoms with Crippen molar-refractivity contribution in [1.82, 2.24) is 15.5 Å². The molecule has 0 aliphatic carbocycles. The van der Waals surface area contributed by atoms with Gasteiger partial charge in [-0.05, 0) is 44.7 Å². The van der Waals surface area contributed by atoms with Crippen LogP contribution in [0.5, 0.6) is 0 Å². The van der Waals surface area contributed by atoms with Gasteiger partial charge in [0.25, 0.3) is 0 Å². The van der Waals surface area contributed by atoms with Gasteiger partial charge in [-0.25, -0.2) is 4.79 Å². The predicted molar refractivity (Wildman–Crippen MR) is 150 cm³/mol. The summed E-state index contributed by atoms with van der Waals surface area (Å²) in [5.74, 6) is -0.810. The molecule has 208 valence electrons. The van der Waals surface area contributed by atoms with Crippen molar-refractivity contribution in [2.75, 3.05) is 20.7 Å². The fourth-order valence-corrected chi connectivity index (χ4v) is 4.58. The van der Waals surface area contributed by atoms with Crippen molar-refractivity contribution in [3.05, 3.63) is 47.0 Å². The zero-order valence-corrected chi connectivity index (χ0v) is 25.0. The Balaban J connectivity index is 3.31. The largest absolute Gasteiger partial charge is 0.463 e. The molecule has 0 bridgehead atoms. The van der Waals surface area contributed by atoms with Crippen LogP contribution in [-0.2, 0) is 24.5 Å². The molecule has 0 aromatic heterocycles. The van der Waals surface area contributed by atoms with Gasteiger partial charge in [0.15, 0.2) is 0 Å². The summed E-state index contributed by atoms with van der Waals surface area (Å²) in [5, 5.41) is 6.24. The van der Waals surface area contributed by atoms with E-state index in [1.165, 1.54) is 0 Å². The highest BCUT2D eigenvalue weighted by molar-refractivity contribution is 5.92. The summed E-state index contributed by atoms with van der Waals surface area (Å²) in [4.78, 5) is 41.4. The first-order chi connectivity index (χ1) is 17.0. The van der Waals surface area contributed by atoms with Crippen LogP contribution in [0, 0.1) is 18.3 Å². The van der Waals surface area contributed by atoms with E-state index in [0.29, 0.717) is 5.57 Å². The van der Waals surface area contributed by atoms with Crippen LogP contribution >= 0.6 is 0 Å². The molecular formula is C30H49N3O4. The molecule has 1 rings (SSSR count). The van der Waals surface area contributed by atoms with Crippen LogP contribution in [0.3, 0.4) is 0 Å². The minimum atomic E-state index is -0.772. The molecule has 0 radical (unpaired) electrons. The zero-order valence-electron chi connectivity index (χ0n) is 25.0. The monoisotopic (exact) mass is 515 g/mol. The van der Waals surface area contributed by atoms with Crippen molar-refractivity contribution in [1.29, 1.82) is 0 Å². The molecule has 0 aliphatic rings. The number of hydrogen-bond donors (Lipinski definition) is 2. The molecule has 0 fully saturated rings. The molecule has 2 amide bonds. The smallest absolute Gasteiger partial charge is 0.333 e. The van der Waals surface area contributed by atoms with Gasteiger partial charge in [0.1, 0.15) is 6.04 Å². The molecule has 37 heavy (non-hydrogen) atoms. The van der Waals surface area contributed by atoms with Crippen LogP contribution in [0.4, 0.5) is 0 Å². The Kier molecular flexibility index (Phi) is 11.6. The van der Waals surface area contributed by atoms with Crippen LogP contribution < -0.4 is 10.6 Å². The number of hydrogen-bond acceptors (Lipinski definition) is 5. The Morgan fingerprint density at radius 1 is 1.08 bits per heavy atom. The third-order valence-corrected chi connectivity index (χ3v) is 6.93. The number of esters is 1. The number of nitrogens with one attached hydrogen (secondary N) is 2. The van der Waals surface area contributed by atoms with E-state index in [1.54, 1.807) is 38.9 Å². The molecule has 0 spiro atoms.